The van der Waals surface area contributed by atoms with Crippen molar-refractivity contribution in [2.24, 2.45) is 0 Å². The maximum absolute atomic E-state index is 6.89. The van der Waals surface area contributed by atoms with E-state index in [1.807, 2.05) is 78.9 Å². The highest BCUT2D eigenvalue weighted by Gasteiger charge is 2.24. The Morgan fingerprint density at radius 3 is 1.59 bits per heavy atom. The van der Waals surface area contributed by atoms with E-state index in [2.05, 4.69) is 114 Å². The van der Waals surface area contributed by atoms with E-state index >= 15 is 0 Å². The Balaban J connectivity index is 1.05. The summed E-state index contributed by atoms with van der Waals surface area (Å²) in [5, 5.41) is 3.05. The van der Waals surface area contributed by atoms with Gasteiger partial charge < -0.3 is 8.98 Å². The van der Waals surface area contributed by atoms with Crippen LogP contribution in [0.15, 0.2) is 192 Å². The molecule has 0 saturated carbocycles. The van der Waals surface area contributed by atoms with Crippen molar-refractivity contribution in [3.05, 3.63) is 188 Å². The fourth-order valence-corrected chi connectivity index (χ4v) is 7.80. The molecular weight excluding hydrogens is 687 g/mol. The molecule has 4 aromatic heterocycles. The molecule has 0 atom stereocenters. The second-order valence-corrected chi connectivity index (χ2v) is 13.8. The molecule has 11 rings (SSSR count). The van der Waals surface area contributed by atoms with Gasteiger partial charge in [-0.3, -0.25) is 0 Å². The number of rotatable bonds is 6. The van der Waals surface area contributed by atoms with E-state index < -0.39 is 0 Å². The quantitative estimate of drug-likeness (QED) is 0.171. The molecule has 262 valence electrons. The van der Waals surface area contributed by atoms with Crippen LogP contribution < -0.4 is 0 Å². The molecule has 6 heteroatoms. The predicted molar refractivity (Wildman–Crippen MR) is 226 cm³/mol. The van der Waals surface area contributed by atoms with Gasteiger partial charge in [-0.15, -0.1) is 0 Å². The molecule has 0 saturated heterocycles. The molecule has 11 aromatic rings. The summed E-state index contributed by atoms with van der Waals surface area (Å²) in [6.45, 7) is 0. The van der Waals surface area contributed by atoms with Gasteiger partial charge >= 0.3 is 0 Å². The molecule has 56 heavy (non-hydrogen) atoms. The average molecular weight is 718 g/mol. The topological polar surface area (TPSA) is 69.6 Å². The average Bonchev–Trinajstić information content (AvgIpc) is 3.83. The number of fused-ring (bicyclic) bond motifs is 7. The molecule has 0 radical (unpaired) electrons. The lowest BCUT2D eigenvalue weighted by atomic mass is 10.0. The first-order valence-corrected chi connectivity index (χ1v) is 18.6. The monoisotopic (exact) mass is 717 g/mol. The molecule has 0 amide bonds. The zero-order valence-corrected chi connectivity index (χ0v) is 30.0. The Hall–Kier alpha value is -7.70. The lowest BCUT2D eigenvalue weighted by Gasteiger charge is -2.12. The van der Waals surface area contributed by atoms with Crippen molar-refractivity contribution in [1.29, 1.82) is 0 Å². The number of hydrogen-bond donors (Lipinski definition) is 0. The Labute approximate surface area is 322 Å². The van der Waals surface area contributed by atoms with Crippen LogP contribution in [0.3, 0.4) is 0 Å². The zero-order valence-electron chi connectivity index (χ0n) is 30.0. The Bertz CT molecular complexity index is 3170. The molecule has 0 aliphatic carbocycles. The van der Waals surface area contributed by atoms with Gasteiger partial charge in [-0.2, -0.15) is 0 Å². The Morgan fingerprint density at radius 2 is 0.911 bits per heavy atom. The number of hydrogen-bond acceptors (Lipinski definition) is 5. The summed E-state index contributed by atoms with van der Waals surface area (Å²) >= 11 is 0. The minimum absolute atomic E-state index is 0.625. The van der Waals surface area contributed by atoms with Crippen molar-refractivity contribution in [1.82, 2.24) is 24.5 Å². The van der Waals surface area contributed by atoms with Crippen LogP contribution >= 0.6 is 0 Å². The zero-order chi connectivity index (χ0) is 37.0. The van der Waals surface area contributed by atoms with Crippen molar-refractivity contribution in [2.45, 2.75) is 0 Å². The fraction of sp³-hybridized carbons (Fsp3) is 0. The number of nitrogens with zero attached hydrogens (tertiary/aromatic N) is 5. The lowest BCUT2D eigenvalue weighted by Crippen LogP contribution is -2.00. The first-order valence-electron chi connectivity index (χ1n) is 18.6. The number of para-hydroxylation sites is 2. The summed E-state index contributed by atoms with van der Waals surface area (Å²) in [6, 6.07) is 64.3. The SMILES string of the molecule is c1ccc(-c2nc(-c3ccccc3)nc(-c3cccc(-c4ccc(-n5c6ccccc6c6oc7c8ccccc8nc(-c8ccccc8)c7c65)cc4)c3)n2)cc1. The van der Waals surface area contributed by atoms with Gasteiger partial charge in [0.25, 0.3) is 0 Å². The van der Waals surface area contributed by atoms with Gasteiger partial charge in [0, 0.05) is 38.7 Å². The summed E-state index contributed by atoms with van der Waals surface area (Å²) in [6.07, 6.45) is 0. The number of pyridine rings is 1. The standard InChI is InChI=1S/C50H31N5O/c1-4-15-33(16-5-1)44-43-45-47(56-46(43)39-23-10-12-25-41(39)51-44)40-24-11-13-26-42(40)55(45)38-29-27-32(28-30-38)36-21-14-22-37(31-36)50-53-48(34-17-6-2-7-18-34)52-49(54-50)35-19-8-3-9-20-35/h1-31H. The van der Waals surface area contributed by atoms with Gasteiger partial charge in [0.2, 0.25) is 0 Å². The van der Waals surface area contributed by atoms with Crippen molar-refractivity contribution in [3.63, 3.8) is 0 Å². The maximum atomic E-state index is 6.89. The molecule has 4 heterocycles. The van der Waals surface area contributed by atoms with E-state index in [9.17, 15) is 0 Å². The van der Waals surface area contributed by atoms with Gasteiger partial charge in [-0.25, -0.2) is 19.9 Å². The normalized spacial score (nSPS) is 11.6. The summed E-state index contributed by atoms with van der Waals surface area (Å²) in [5.74, 6) is 1.90. The van der Waals surface area contributed by atoms with Crippen LogP contribution in [0, 0.1) is 0 Å². The predicted octanol–water partition coefficient (Wildman–Crippen LogP) is 12.6. The second-order valence-electron chi connectivity index (χ2n) is 13.8. The highest BCUT2D eigenvalue weighted by Crippen LogP contribution is 2.44. The van der Waals surface area contributed by atoms with E-state index in [-0.39, 0.29) is 0 Å². The smallest absolute Gasteiger partial charge is 0.164 e. The molecule has 0 aliphatic heterocycles. The first-order chi connectivity index (χ1) is 27.8. The second kappa shape index (κ2) is 13.0. The van der Waals surface area contributed by atoms with Crippen LogP contribution in [0.4, 0.5) is 0 Å². The van der Waals surface area contributed by atoms with E-state index in [0.29, 0.717) is 17.5 Å². The number of benzene rings is 7. The molecule has 0 spiro atoms. The van der Waals surface area contributed by atoms with Gasteiger partial charge in [-0.05, 0) is 53.6 Å². The molecule has 6 nitrogen and oxygen atoms in total. The van der Waals surface area contributed by atoms with E-state index in [1.165, 1.54) is 0 Å². The van der Waals surface area contributed by atoms with Crippen molar-refractivity contribution in [3.8, 4) is 62.2 Å². The van der Waals surface area contributed by atoms with E-state index in [0.717, 1.165) is 88.6 Å². The van der Waals surface area contributed by atoms with Crippen LogP contribution in [0.5, 0.6) is 0 Å². The van der Waals surface area contributed by atoms with Crippen molar-refractivity contribution >= 4 is 43.9 Å². The molecule has 7 aromatic carbocycles. The molecule has 0 unspecified atom stereocenters. The van der Waals surface area contributed by atoms with Gasteiger partial charge in [0.05, 0.1) is 22.1 Å². The van der Waals surface area contributed by atoms with Crippen molar-refractivity contribution < 1.29 is 4.42 Å². The molecule has 0 bridgehead atoms. The van der Waals surface area contributed by atoms with E-state index in [1.54, 1.807) is 0 Å². The van der Waals surface area contributed by atoms with Gasteiger partial charge in [-0.1, -0.05) is 146 Å². The minimum Gasteiger partial charge on any atom is -0.453 e. The van der Waals surface area contributed by atoms with Crippen LogP contribution in [0.1, 0.15) is 0 Å². The van der Waals surface area contributed by atoms with Crippen LogP contribution in [0.25, 0.3) is 106 Å². The highest BCUT2D eigenvalue weighted by molar-refractivity contribution is 6.24. The highest BCUT2D eigenvalue weighted by atomic mass is 16.3. The first kappa shape index (κ1) is 31.8. The third-order valence-corrected chi connectivity index (χ3v) is 10.4. The van der Waals surface area contributed by atoms with Crippen LogP contribution in [-0.4, -0.2) is 24.5 Å². The summed E-state index contributed by atoms with van der Waals surface area (Å²) in [7, 11) is 0. The fourth-order valence-electron chi connectivity index (χ4n) is 7.80. The van der Waals surface area contributed by atoms with Crippen molar-refractivity contribution in [2.75, 3.05) is 0 Å². The van der Waals surface area contributed by atoms with Gasteiger partial charge in [0.1, 0.15) is 11.1 Å². The summed E-state index contributed by atoms with van der Waals surface area (Å²) < 4.78 is 9.21. The third kappa shape index (κ3) is 5.27. The summed E-state index contributed by atoms with van der Waals surface area (Å²) in [4.78, 5) is 20.1. The third-order valence-electron chi connectivity index (χ3n) is 10.4. The maximum Gasteiger partial charge on any atom is 0.164 e. The summed E-state index contributed by atoms with van der Waals surface area (Å²) in [5.41, 5.74) is 12.6. The number of aromatic nitrogens is 5. The molecule has 0 N–H and O–H groups in total. The van der Waals surface area contributed by atoms with E-state index in [4.69, 9.17) is 24.4 Å². The molecule has 0 aliphatic rings. The Kier molecular flexibility index (Phi) is 7.38. The lowest BCUT2D eigenvalue weighted by molar-refractivity contribution is 0.676. The van der Waals surface area contributed by atoms with Crippen LogP contribution in [0.2, 0.25) is 0 Å². The largest absolute Gasteiger partial charge is 0.453 e. The van der Waals surface area contributed by atoms with Gasteiger partial charge in [0.15, 0.2) is 23.1 Å². The number of furan rings is 1. The molecule has 0 fully saturated rings. The molecular formula is C50H31N5O. The Morgan fingerprint density at radius 1 is 0.375 bits per heavy atom. The minimum atomic E-state index is 0.625. The van der Waals surface area contributed by atoms with Crippen LogP contribution in [-0.2, 0) is 0 Å².